The molecule has 0 bridgehead atoms. The zero-order chi connectivity index (χ0) is 13.1. The molecule has 1 saturated carbocycles. The predicted molar refractivity (Wildman–Crippen MR) is 76.8 cm³/mol. The minimum Gasteiger partial charge on any atom is -0.330 e. The zero-order valence-corrected chi connectivity index (χ0v) is 11.2. The third-order valence-corrected chi connectivity index (χ3v) is 4.09. The van der Waals surface area contributed by atoms with Crippen molar-refractivity contribution in [1.29, 1.82) is 0 Å². The maximum atomic E-state index is 6.38. The van der Waals surface area contributed by atoms with Gasteiger partial charge in [-0.15, -0.1) is 0 Å². The van der Waals surface area contributed by atoms with Crippen LogP contribution in [0.1, 0.15) is 49.0 Å². The summed E-state index contributed by atoms with van der Waals surface area (Å²) in [5.74, 6) is 0. The fourth-order valence-electron chi connectivity index (χ4n) is 3.06. The molecule has 0 radical (unpaired) electrons. The molecule has 1 aliphatic carbocycles. The Balaban J connectivity index is 1.76. The van der Waals surface area contributed by atoms with E-state index in [4.69, 9.17) is 5.73 Å². The smallest absolute Gasteiger partial charge is 0.0951 e. The second kappa shape index (κ2) is 5.57. The van der Waals surface area contributed by atoms with Gasteiger partial charge in [-0.3, -0.25) is 0 Å². The van der Waals surface area contributed by atoms with Crippen LogP contribution in [0.25, 0.3) is 0 Å². The molecule has 1 fully saturated rings. The Bertz CT molecular complexity index is 512. The number of benzene rings is 1. The molecule has 3 rings (SSSR count). The second-order valence-electron chi connectivity index (χ2n) is 5.46. The van der Waals surface area contributed by atoms with Crippen molar-refractivity contribution in [3.63, 3.8) is 0 Å². The minimum atomic E-state index is 0.0329. The minimum absolute atomic E-state index is 0.0329. The van der Waals surface area contributed by atoms with Crippen molar-refractivity contribution in [3.8, 4) is 0 Å². The lowest BCUT2D eigenvalue weighted by molar-refractivity contribution is 0.481. The molecule has 19 heavy (non-hydrogen) atoms. The Hall–Kier alpha value is -1.61. The van der Waals surface area contributed by atoms with Crippen LogP contribution in [0.5, 0.6) is 0 Å². The number of nitrogens with zero attached hydrogens (tertiary/aromatic N) is 2. The van der Waals surface area contributed by atoms with Crippen molar-refractivity contribution in [3.05, 3.63) is 54.1 Å². The number of aromatic nitrogens is 2. The number of hydrogen-bond donors (Lipinski definition) is 1. The van der Waals surface area contributed by atoms with Crippen LogP contribution < -0.4 is 5.73 Å². The largest absolute Gasteiger partial charge is 0.330 e. The molecule has 1 aromatic carbocycles. The first kappa shape index (κ1) is 12.4. The Morgan fingerprint density at radius 1 is 1.21 bits per heavy atom. The standard InChI is InChI=1S/C16H21N3/c17-15(10-13-6-2-1-3-7-13)16-11-18-12-19(16)14-8-4-5-9-14/h1-3,6-7,11-12,14-15H,4-5,8-10,17H2/t15-/m1/s1. The molecular weight excluding hydrogens is 234 g/mol. The van der Waals surface area contributed by atoms with E-state index in [9.17, 15) is 0 Å². The summed E-state index contributed by atoms with van der Waals surface area (Å²) >= 11 is 0. The van der Waals surface area contributed by atoms with Crippen molar-refractivity contribution in [2.75, 3.05) is 0 Å². The fourth-order valence-corrected chi connectivity index (χ4v) is 3.06. The van der Waals surface area contributed by atoms with Gasteiger partial charge < -0.3 is 10.3 Å². The Morgan fingerprint density at radius 3 is 2.68 bits per heavy atom. The van der Waals surface area contributed by atoms with Crippen molar-refractivity contribution >= 4 is 0 Å². The first-order chi connectivity index (χ1) is 9.34. The maximum Gasteiger partial charge on any atom is 0.0951 e. The summed E-state index contributed by atoms with van der Waals surface area (Å²) in [7, 11) is 0. The predicted octanol–water partition coefficient (Wildman–Crippen LogP) is 3.24. The van der Waals surface area contributed by atoms with E-state index < -0.39 is 0 Å². The molecule has 0 aliphatic heterocycles. The van der Waals surface area contributed by atoms with Crippen LogP contribution in [0.2, 0.25) is 0 Å². The third kappa shape index (κ3) is 2.71. The van der Waals surface area contributed by atoms with Crippen molar-refractivity contribution in [1.82, 2.24) is 9.55 Å². The lowest BCUT2D eigenvalue weighted by atomic mass is 10.0. The van der Waals surface area contributed by atoms with E-state index in [2.05, 4.69) is 33.8 Å². The van der Waals surface area contributed by atoms with Gasteiger partial charge >= 0.3 is 0 Å². The third-order valence-electron chi connectivity index (χ3n) is 4.09. The summed E-state index contributed by atoms with van der Waals surface area (Å²) in [6.45, 7) is 0. The molecule has 3 heteroatoms. The second-order valence-corrected chi connectivity index (χ2v) is 5.46. The average molecular weight is 255 g/mol. The van der Waals surface area contributed by atoms with E-state index in [0.717, 1.165) is 6.42 Å². The highest BCUT2D eigenvalue weighted by Crippen LogP contribution is 2.31. The van der Waals surface area contributed by atoms with E-state index in [0.29, 0.717) is 6.04 Å². The van der Waals surface area contributed by atoms with Crippen LogP contribution >= 0.6 is 0 Å². The number of imidazole rings is 1. The Morgan fingerprint density at radius 2 is 1.95 bits per heavy atom. The first-order valence-electron chi connectivity index (χ1n) is 7.16. The van der Waals surface area contributed by atoms with Gasteiger partial charge in [-0.05, 0) is 24.8 Å². The molecule has 3 nitrogen and oxygen atoms in total. The van der Waals surface area contributed by atoms with E-state index in [1.165, 1.54) is 36.9 Å². The normalized spacial score (nSPS) is 17.7. The SMILES string of the molecule is N[C@H](Cc1ccccc1)c1cncn1C1CCCC1. The highest BCUT2D eigenvalue weighted by atomic mass is 15.1. The average Bonchev–Trinajstić information content (AvgIpc) is 3.10. The monoisotopic (exact) mass is 255 g/mol. The molecule has 0 saturated heterocycles. The molecule has 1 heterocycles. The summed E-state index contributed by atoms with van der Waals surface area (Å²) in [5.41, 5.74) is 8.84. The molecule has 2 N–H and O–H groups in total. The summed E-state index contributed by atoms with van der Waals surface area (Å²) in [4.78, 5) is 4.31. The van der Waals surface area contributed by atoms with Crippen LogP contribution in [0.3, 0.4) is 0 Å². The van der Waals surface area contributed by atoms with Crippen LogP contribution in [-0.2, 0) is 6.42 Å². The van der Waals surface area contributed by atoms with E-state index >= 15 is 0 Å². The lowest BCUT2D eigenvalue weighted by Crippen LogP contribution is -2.19. The molecule has 0 unspecified atom stereocenters. The molecule has 0 amide bonds. The lowest BCUT2D eigenvalue weighted by Gasteiger charge is -2.19. The number of nitrogens with two attached hydrogens (primary N) is 1. The summed E-state index contributed by atoms with van der Waals surface area (Å²) < 4.78 is 2.31. The fraction of sp³-hybridized carbons (Fsp3) is 0.438. The highest BCUT2D eigenvalue weighted by Gasteiger charge is 2.21. The highest BCUT2D eigenvalue weighted by molar-refractivity contribution is 5.19. The summed E-state index contributed by atoms with van der Waals surface area (Å²) in [6.07, 6.45) is 9.95. The maximum absolute atomic E-state index is 6.38. The first-order valence-corrected chi connectivity index (χ1v) is 7.16. The van der Waals surface area contributed by atoms with E-state index in [-0.39, 0.29) is 6.04 Å². The van der Waals surface area contributed by atoms with Crippen molar-refractivity contribution < 1.29 is 0 Å². The van der Waals surface area contributed by atoms with Crippen LogP contribution in [0.4, 0.5) is 0 Å². The molecule has 1 atom stereocenters. The summed E-state index contributed by atoms with van der Waals surface area (Å²) in [6, 6.07) is 11.1. The number of hydrogen-bond acceptors (Lipinski definition) is 2. The summed E-state index contributed by atoms with van der Waals surface area (Å²) in [5, 5.41) is 0. The van der Waals surface area contributed by atoms with Crippen LogP contribution in [0, 0.1) is 0 Å². The van der Waals surface area contributed by atoms with Gasteiger partial charge in [-0.2, -0.15) is 0 Å². The van der Waals surface area contributed by atoms with Crippen molar-refractivity contribution in [2.45, 2.75) is 44.2 Å². The van der Waals surface area contributed by atoms with Gasteiger partial charge in [-0.1, -0.05) is 43.2 Å². The van der Waals surface area contributed by atoms with Crippen LogP contribution in [0.15, 0.2) is 42.9 Å². The zero-order valence-electron chi connectivity index (χ0n) is 11.2. The molecule has 2 aromatic rings. The van der Waals surface area contributed by atoms with Gasteiger partial charge in [0.15, 0.2) is 0 Å². The van der Waals surface area contributed by atoms with Gasteiger partial charge in [0.1, 0.15) is 0 Å². The topological polar surface area (TPSA) is 43.8 Å². The number of rotatable bonds is 4. The quantitative estimate of drug-likeness (QED) is 0.911. The Kier molecular flexibility index (Phi) is 3.65. The molecule has 100 valence electrons. The van der Waals surface area contributed by atoms with E-state index in [1.807, 2.05) is 18.6 Å². The van der Waals surface area contributed by atoms with Crippen molar-refractivity contribution in [2.24, 2.45) is 5.73 Å². The van der Waals surface area contributed by atoms with Gasteiger partial charge in [0.05, 0.1) is 18.1 Å². The molecule has 1 aliphatic rings. The Labute approximate surface area is 114 Å². The van der Waals surface area contributed by atoms with Gasteiger partial charge in [-0.25, -0.2) is 4.98 Å². The van der Waals surface area contributed by atoms with Gasteiger partial charge in [0.25, 0.3) is 0 Å². The molecule has 1 aromatic heterocycles. The molecular formula is C16H21N3. The molecule has 0 spiro atoms. The van der Waals surface area contributed by atoms with Gasteiger partial charge in [0, 0.05) is 12.2 Å². The van der Waals surface area contributed by atoms with Gasteiger partial charge in [0.2, 0.25) is 0 Å². The van der Waals surface area contributed by atoms with E-state index in [1.54, 1.807) is 0 Å². The van der Waals surface area contributed by atoms with Crippen LogP contribution in [-0.4, -0.2) is 9.55 Å².